The van der Waals surface area contributed by atoms with E-state index >= 15 is 0 Å². The Morgan fingerprint density at radius 3 is 2.71 bits per heavy atom. The third kappa shape index (κ3) is 2.87. The van der Waals surface area contributed by atoms with Crippen molar-refractivity contribution in [3.63, 3.8) is 0 Å². The summed E-state index contributed by atoms with van der Waals surface area (Å²) in [5.74, 6) is 0.883. The Morgan fingerprint density at radius 1 is 1.47 bits per heavy atom. The zero-order chi connectivity index (χ0) is 12.4. The summed E-state index contributed by atoms with van der Waals surface area (Å²) in [6.45, 7) is 6.94. The molecule has 0 aromatic carbocycles. The molecular formula is C12H18ClN3S. The van der Waals surface area contributed by atoms with Crippen LogP contribution >= 0.6 is 23.4 Å². The van der Waals surface area contributed by atoms with E-state index in [4.69, 9.17) is 17.3 Å². The van der Waals surface area contributed by atoms with Gasteiger partial charge in [0.2, 0.25) is 0 Å². The van der Waals surface area contributed by atoms with Gasteiger partial charge in [-0.3, -0.25) is 0 Å². The second-order valence-electron chi connectivity index (χ2n) is 4.47. The Morgan fingerprint density at radius 2 is 2.12 bits per heavy atom. The highest BCUT2D eigenvalue weighted by Crippen LogP contribution is 2.32. The first-order valence-electron chi connectivity index (χ1n) is 5.85. The number of rotatable bonds is 2. The first-order valence-corrected chi connectivity index (χ1v) is 7.17. The number of thioether (sulfide) groups is 1. The van der Waals surface area contributed by atoms with Crippen LogP contribution in [0.1, 0.15) is 19.4 Å². The summed E-state index contributed by atoms with van der Waals surface area (Å²) >= 11 is 8.36. The molecule has 2 N–H and O–H groups in total. The Bertz CT molecular complexity index is 389. The molecule has 2 heterocycles. The summed E-state index contributed by atoms with van der Waals surface area (Å²) in [6.07, 6.45) is 1.79. The Hall–Kier alpha value is -0.450. The molecule has 1 aliphatic heterocycles. The van der Waals surface area contributed by atoms with Crippen molar-refractivity contribution >= 4 is 29.2 Å². The minimum atomic E-state index is 0.460. The number of anilines is 1. The third-order valence-electron chi connectivity index (χ3n) is 2.89. The first kappa shape index (κ1) is 13.0. The normalized spacial score (nSPS) is 25.1. The predicted octanol–water partition coefficient (Wildman–Crippen LogP) is 2.52. The van der Waals surface area contributed by atoms with E-state index in [0.29, 0.717) is 22.1 Å². The van der Waals surface area contributed by atoms with Crippen LogP contribution in [0.3, 0.4) is 0 Å². The van der Waals surface area contributed by atoms with Crippen molar-refractivity contribution in [2.45, 2.75) is 30.9 Å². The number of nitrogens with zero attached hydrogens (tertiary/aromatic N) is 2. The lowest BCUT2D eigenvalue weighted by molar-refractivity contribution is 0.718. The van der Waals surface area contributed by atoms with Crippen LogP contribution in [-0.4, -0.2) is 28.6 Å². The molecule has 0 radical (unpaired) electrons. The molecule has 1 fully saturated rings. The monoisotopic (exact) mass is 271 g/mol. The van der Waals surface area contributed by atoms with Crippen LogP contribution < -0.4 is 10.6 Å². The summed E-state index contributed by atoms with van der Waals surface area (Å²) in [4.78, 5) is 6.68. The van der Waals surface area contributed by atoms with Gasteiger partial charge in [-0.15, -0.1) is 0 Å². The molecule has 1 aromatic heterocycles. The third-order valence-corrected chi connectivity index (χ3v) is 4.53. The number of pyridine rings is 1. The van der Waals surface area contributed by atoms with Crippen molar-refractivity contribution in [2.75, 3.05) is 18.0 Å². The van der Waals surface area contributed by atoms with Gasteiger partial charge in [0.05, 0.1) is 5.02 Å². The van der Waals surface area contributed by atoms with Gasteiger partial charge in [0.15, 0.2) is 0 Å². The lowest BCUT2D eigenvalue weighted by atomic mass is 10.2. The highest BCUT2D eigenvalue weighted by Gasteiger charge is 2.25. The van der Waals surface area contributed by atoms with Gasteiger partial charge in [-0.2, -0.15) is 11.8 Å². The number of nitrogens with two attached hydrogens (primary N) is 1. The standard InChI is InChI=1S/C12H18ClN3S/c1-8-6-16(7-9(2)17-8)12-11(13)10(5-14)3-4-15-12/h3-4,8-9H,5-7,14H2,1-2H3. The van der Waals surface area contributed by atoms with Gasteiger partial charge in [-0.1, -0.05) is 25.4 Å². The highest BCUT2D eigenvalue weighted by atomic mass is 35.5. The quantitative estimate of drug-likeness (QED) is 0.898. The van der Waals surface area contributed by atoms with Crippen LogP contribution in [-0.2, 0) is 6.54 Å². The fraction of sp³-hybridized carbons (Fsp3) is 0.583. The molecular weight excluding hydrogens is 254 g/mol. The summed E-state index contributed by atoms with van der Waals surface area (Å²) < 4.78 is 0. The SMILES string of the molecule is CC1CN(c2nccc(CN)c2Cl)CC(C)S1. The molecule has 2 rings (SSSR count). The molecule has 5 heteroatoms. The predicted molar refractivity (Wildman–Crippen MR) is 75.9 cm³/mol. The maximum absolute atomic E-state index is 6.35. The minimum Gasteiger partial charge on any atom is -0.353 e. The minimum absolute atomic E-state index is 0.460. The number of aromatic nitrogens is 1. The van der Waals surface area contributed by atoms with Crippen LogP contribution in [0.4, 0.5) is 5.82 Å². The maximum atomic E-state index is 6.35. The van der Waals surface area contributed by atoms with Crippen molar-refractivity contribution < 1.29 is 0 Å². The number of hydrogen-bond acceptors (Lipinski definition) is 4. The van der Waals surface area contributed by atoms with Crippen molar-refractivity contribution in [1.29, 1.82) is 0 Å². The fourth-order valence-corrected chi connectivity index (χ4v) is 3.83. The smallest absolute Gasteiger partial charge is 0.147 e. The summed E-state index contributed by atoms with van der Waals surface area (Å²) in [7, 11) is 0. The van der Waals surface area contributed by atoms with Crippen molar-refractivity contribution in [2.24, 2.45) is 5.73 Å². The van der Waals surface area contributed by atoms with Gasteiger partial charge in [0.1, 0.15) is 5.82 Å². The van der Waals surface area contributed by atoms with Crippen LogP contribution in [0.2, 0.25) is 5.02 Å². The summed E-state index contributed by atoms with van der Waals surface area (Å²) in [5.41, 5.74) is 6.64. The van der Waals surface area contributed by atoms with Gasteiger partial charge >= 0.3 is 0 Å². The van der Waals surface area contributed by atoms with Crippen molar-refractivity contribution in [3.05, 3.63) is 22.8 Å². The van der Waals surface area contributed by atoms with Gasteiger partial charge in [0, 0.05) is 36.3 Å². The maximum Gasteiger partial charge on any atom is 0.147 e. The zero-order valence-corrected chi connectivity index (χ0v) is 11.8. The van der Waals surface area contributed by atoms with Crippen molar-refractivity contribution in [3.8, 4) is 0 Å². The average Bonchev–Trinajstić information content (AvgIpc) is 2.28. The number of halogens is 1. The highest BCUT2D eigenvalue weighted by molar-refractivity contribution is 8.00. The molecule has 1 aliphatic rings. The average molecular weight is 272 g/mol. The second kappa shape index (κ2) is 5.46. The van der Waals surface area contributed by atoms with Crippen LogP contribution in [0.25, 0.3) is 0 Å². The van der Waals surface area contributed by atoms with E-state index in [-0.39, 0.29) is 0 Å². The van der Waals surface area contributed by atoms with Crippen LogP contribution in [0, 0.1) is 0 Å². The van der Waals surface area contributed by atoms with Gasteiger partial charge in [-0.25, -0.2) is 4.98 Å². The van der Waals surface area contributed by atoms with E-state index in [2.05, 4.69) is 23.7 Å². The molecule has 0 saturated carbocycles. The summed E-state index contributed by atoms with van der Waals surface area (Å²) in [6, 6.07) is 1.89. The molecule has 17 heavy (non-hydrogen) atoms. The Balaban J connectivity index is 2.27. The van der Waals surface area contributed by atoms with E-state index in [0.717, 1.165) is 24.5 Å². The van der Waals surface area contributed by atoms with Crippen LogP contribution in [0.15, 0.2) is 12.3 Å². The molecule has 2 atom stereocenters. The number of hydrogen-bond donors (Lipinski definition) is 1. The van der Waals surface area contributed by atoms with Gasteiger partial charge < -0.3 is 10.6 Å². The lowest BCUT2D eigenvalue weighted by Gasteiger charge is -2.36. The second-order valence-corrected chi connectivity index (χ2v) is 6.73. The van der Waals surface area contributed by atoms with Gasteiger partial charge in [0.25, 0.3) is 0 Å². The largest absolute Gasteiger partial charge is 0.353 e. The zero-order valence-electron chi connectivity index (χ0n) is 10.2. The summed E-state index contributed by atoms with van der Waals surface area (Å²) in [5, 5.41) is 1.93. The van der Waals surface area contributed by atoms with E-state index < -0.39 is 0 Å². The van der Waals surface area contributed by atoms with Crippen LogP contribution in [0.5, 0.6) is 0 Å². The topological polar surface area (TPSA) is 42.2 Å². The van der Waals surface area contributed by atoms with E-state index in [1.54, 1.807) is 6.20 Å². The lowest BCUT2D eigenvalue weighted by Crippen LogP contribution is -2.41. The van der Waals surface area contributed by atoms with E-state index in [1.807, 2.05) is 17.8 Å². The molecule has 1 aromatic rings. The Kier molecular flexibility index (Phi) is 4.17. The molecule has 2 unspecified atom stereocenters. The molecule has 94 valence electrons. The molecule has 0 aliphatic carbocycles. The molecule has 0 spiro atoms. The first-order chi connectivity index (χ1) is 8.11. The van der Waals surface area contributed by atoms with Crippen molar-refractivity contribution in [1.82, 2.24) is 4.98 Å². The Labute approximate surface area is 112 Å². The molecule has 1 saturated heterocycles. The molecule has 0 bridgehead atoms. The van der Waals surface area contributed by atoms with E-state index in [9.17, 15) is 0 Å². The molecule has 3 nitrogen and oxygen atoms in total. The van der Waals surface area contributed by atoms with Gasteiger partial charge in [-0.05, 0) is 11.6 Å². The molecule has 0 amide bonds. The van der Waals surface area contributed by atoms with E-state index in [1.165, 1.54) is 0 Å². The fourth-order valence-electron chi connectivity index (χ4n) is 2.20.